The maximum absolute atomic E-state index is 13.1. The van der Waals surface area contributed by atoms with Gasteiger partial charge in [-0.25, -0.2) is 4.39 Å². The molecule has 1 N–H and O–H groups in total. The number of hydrogen-bond acceptors (Lipinski definition) is 3. The average Bonchev–Trinajstić information content (AvgIpc) is 2.84. The van der Waals surface area contributed by atoms with Crippen molar-refractivity contribution in [3.8, 4) is 17.0 Å². The second-order valence-electron chi connectivity index (χ2n) is 9.61. The Labute approximate surface area is 206 Å². The molecule has 0 spiro atoms. The Hall–Kier alpha value is -3.77. The Bertz CT molecular complexity index is 1260. The van der Waals surface area contributed by atoms with Gasteiger partial charge in [-0.3, -0.25) is 14.3 Å². The molecule has 35 heavy (non-hydrogen) atoms. The van der Waals surface area contributed by atoms with Gasteiger partial charge in [0.05, 0.1) is 26.8 Å². The fraction of sp³-hybridized carbons (Fsp3) is 0.241. The van der Waals surface area contributed by atoms with Crippen molar-refractivity contribution in [3.63, 3.8) is 0 Å². The molecule has 1 atom stereocenters. The summed E-state index contributed by atoms with van der Waals surface area (Å²) in [6.45, 7) is 2.33. The van der Waals surface area contributed by atoms with Gasteiger partial charge in [-0.1, -0.05) is 12.1 Å². The van der Waals surface area contributed by atoms with Gasteiger partial charge < -0.3 is 10.1 Å². The molecule has 0 saturated carbocycles. The quantitative estimate of drug-likeness (QED) is 0.446. The Morgan fingerprint density at radius 3 is 2.43 bits per heavy atom. The second kappa shape index (κ2) is 10.2. The minimum Gasteiger partial charge on any atom is -0.486 e. The van der Waals surface area contributed by atoms with Crippen molar-refractivity contribution in [1.82, 2.24) is 14.8 Å². The number of aryl methyl sites for hydroxylation is 1. The van der Waals surface area contributed by atoms with Crippen LogP contribution in [0.5, 0.6) is 5.75 Å². The van der Waals surface area contributed by atoms with Crippen molar-refractivity contribution >= 4 is 11.6 Å². The molecule has 3 aromatic rings. The number of pyridine rings is 1. The minimum atomic E-state index is -0.233. The average molecular weight is 473 g/mol. The van der Waals surface area contributed by atoms with Gasteiger partial charge >= 0.3 is 0 Å². The number of ether oxygens (including phenoxy) is 1. The zero-order valence-corrected chi connectivity index (χ0v) is 20.6. The number of benzene rings is 2. The molecule has 0 bridgehead atoms. The molecule has 6 heteroatoms. The third-order valence-electron chi connectivity index (χ3n) is 5.83. The van der Waals surface area contributed by atoms with Gasteiger partial charge in [0.2, 0.25) is 0 Å². The van der Waals surface area contributed by atoms with Crippen LogP contribution < -0.4 is 14.5 Å². The zero-order chi connectivity index (χ0) is 25.0. The predicted octanol–water partition coefficient (Wildman–Crippen LogP) is 5.74. The van der Waals surface area contributed by atoms with Crippen LogP contribution in [0.3, 0.4) is 0 Å². The molecule has 5 nitrogen and oxygen atoms in total. The number of halogens is 1. The van der Waals surface area contributed by atoms with Crippen molar-refractivity contribution in [2.24, 2.45) is 0 Å². The van der Waals surface area contributed by atoms with Gasteiger partial charge in [0.1, 0.15) is 23.4 Å². The van der Waals surface area contributed by atoms with Crippen LogP contribution >= 0.6 is 0 Å². The van der Waals surface area contributed by atoms with Crippen LogP contribution in [0.4, 0.5) is 10.1 Å². The van der Waals surface area contributed by atoms with Gasteiger partial charge in [-0.2, -0.15) is 0 Å². The number of amides is 1. The van der Waals surface area contributed by atoms with Gasteiger partial charge in [0.15, 0.2) is 0 Å². The molecule has 1 heterocycles. The SMILES string of the molecule is Cc1cc(C(=O)NCc2ccc([N+](C)(C)C)cc2)cc(-c2ccc(OC3C=CC(F)=CC3)cc2)n1. The number of allylic oxidation sites excluding steroid dienone is 2. The molecule has 180 valence electrons. The van der Waals surface area contributed by atoms with Gasteiger partial charge in [0, 0.05) is 29.8 Å². The highest BCUT2D eigenvalue weighted by atomic mass is 19.1. The van der Waals surface area contributed by atoms with Crippen molar-refractivity contribution in [2.75, 3.05) is 21.1 Å². The molecule has 0 fully saturated rings. The van der Waals surface area contributed by atoms with E-state index in [4.69, 9.17) is 4.74 Å². The lowest BCUT2D eigenvalue weighted by Gasteiger charge is -2.23. The molecule has 1 aliphatic rings. The number of nitrogens with zero attached hydrogens (tertiary/aromatic N) is 2. The van der Waals surface area contributed by atoms with Crippen LogP contribution in [0.1, 0.15) is 28.0 Å². The van der Waals surface area contributed by atoms with E-state index < -0.39 is 0 Å². The molecule has 0 radical (unpaired) electrons. The molecular weight excluding hydrogens is 441 g/mol. The summed E-state index contributed by atoms with van der Waals surface area (Å²) in [6, 6.07) is 19.4. The number of nitrogens with one attached hydrogen (secondary N) is 1. The fourth-order valence-electron chi connectivity index (χ4n) is 3.83. The Kier molecular flexibility index (Phi) is 7.12. The third kappa shape index (κ3) is 6.43. The molecule has 0 saturated heterocycles. The first-order chi connectivity index (χ1) is 16.7. The summed E-state index contributed by atoms with van der Waals surface area (Å²) < 4.78 is 19.8. The minimum absolute atomic E-state index is 0.142. The maximum atomic E-state index is 13.1. The smallest absolute Gasteiger partial charge is 0.251 e. The highest BCUT2D eigenvalue weighted by Gasteiger charge is 2.14. The van der Waals surface area contributed by atoms with Crippen LogP contribution in [-0.2, 0) is 6.54 Å². The van der Waals surface area contributed by atoms with Crippen LogP contribution in [-0.4, -0.2) is 38.1 Å². The summed E-state index contributed by atoms with van der Waals surface area (Å²) in [5.74, 6) is 0.320. The number of carbonyl (C=O) groups excluding carboxylic acids is 1. The van der Waals surface area contributed by atoms with Crippen molar-refractivity contribution in [2.45, 2.75) is 26.0 Å². The highest BCUT2D eigenvalue weighted by Crippen LogP contribution is 2.25. The molecule has 2 aromatic carbocycles. The molecule has 1 amide bonds. The summed E-state index contributed by atoms with van der Waals surface area (Å²) in [5.41, 5.74) is 5.18. The number of hydrogen-bond donors (Lipinski definition) is 1. The van der Waals surface area contributed by atoms with Crippen molar-refractivity contribution in [3.05, 3.63) is 102 Å². The van der Waals surface area contributed by atoms with E-state index in [0.29, 0.717) is 24.3 Å². The van der Waals surface area contributed by atoms with Crippen molar-refractivity contribution < 1.29 is 13.9 Å². The van der Waals surface area contributed by atoms with Crippen LogP contribution in [0.15, 0.2) is 84.7 Å². The van der Waals surface area contributed by atoms with Gasteiger partial charge in [-0.15, -0.1) is 0 Å². The summed E-state index contributed by atoms with van der Waals surface area (Å²) in [4.78, 5) is 17.5. The summed E-state index contributed by atoms with van der Waals surface area (Å²) in [5, 5.41) is 3.01. The lowest BCUT2D eigenvalue weighted by atomic mass is 10.1. The van der Waals surface area contributed by atoms with Crippen molar-refractivity contribution in [1.29, 1.82) is 0 Å². The van der Waals surface area contributed by atoms with E-state index in [9.17, 15) is 9.18 Å². The number of aromatic nitrogens is 1. The van der Waals surface area contributed by atoms with Crippen LogP contribution in [0.2, 0.25) is 0 Å². The fourth-order valence-corrected chi connectivity index (χ4v) is 3.83. The maximum Gasteiger partial charge on any atom is 0.251 e. The third-order valence-corrected chi connectivity index (χ3v) is 5.83. The Balaban J connectivity index is 1.41. The van der Waals surface area contributed by atoms with Crippen LogP contribution in [0.25, 0.3) is 11.3 Å². The molecule has 4 rings (SSSR count). The van der Waals surface area contributed by atoms with E-state index in [1.165, 1.54) is 17.8 Å². The second-order valence-corrected chi connectivity index (χ2v) is 9.61. The van der Waals surface area contributed by atoms with E-state index >= 15 is 0 Å². The zero-order valence-electron chi connectivity index (χ0n) is 20.6. The lowest BCUT2D eigenvalue weighted by molar-refractivity contribution is 0.0950. The van der Waals surface area contributed by atoms with Gasteiger partial charge in [0.25, 0.3) is 5.91 Å². The molecule has 1 aliphatic carbocycles. The monoisotopic (exact) mass is 472 g/mol. The van der Waals surface area contributed by atoms with Crippen LogP contribution in [0, 0.1) is 6.92 Å². The molecule has 1 unspecified atom stereocenters. The van der Waals surface area contributed by atoms with E-state index in [2.05, 4.69) is 43.6 Å². The van der Waals surface area contributed by atoms with E-state index in [-0.39, 0.29) is 17.8 Å². The highest BCUT2D eigenvalue weighted by molar-refractivity contribution is 5.95. The summed E-state index contributed by atoms with van der Waals surface area (Å²) in [7, 11) is 6.36. The summed E-state index contributed by atoms with van der Waals surface area (Å²) in [6.07, 6.45) is 4.97. The first-order valence-electron chi connectivity index (χ1n) is 11.7. The molecule has 0 aliphatic heterocycles. The largest absolute Gasteiger partial charge is 0.486 e. The first-order valence-corrected chi connectivity index (χ1v) is 11.7. The predicted molar refractivity (Wildman–Crippen MR) is 139 cm³/mol. The van der Waals surface area contributed by atoms with E-state index in [1.807, 2.05) is 43.3 Å². The Morgan fingerprint density at radius 1 is 1.09 bits per heavy atom. The standard InChI is InChI=1S/C29H30FN3O2/c1-20-17-23(29(34)31-19-21-5-11-25(12-6-21)33(2,3)4)18-28(32-20)22-7-13-26(14-8-22)35-27-15-9-24(30)10-16-27/h5-15,17-18,27H,16,19H2,1-4H3/p+1. The van der Waals surface area contributed by atoms with E-state index in [1.54, 1.807) is 18.2 Å². The number of carbonyl (C=O) groups is 1. The van der Waals surface area contributed by atoms with Gasteiger partial charge in [-0.05, 0) is 79.2 Å². The molecule has 1 aromatic heterocycles. The van der Waals surface area contributed by atoms with E-state index in [0.717, 1.165) is 27.0 Å². The Morgan fingerprint density at radius 2 is 1.80 bits per heavy atom. The first kappa shape index (κ1) is 24.4. The number of quaternary nitrogens is 1. The lowest BCUT2D eigenvalue weighted by Crippen LogP contribution is -2.34. The number of rotatable bonds is 7. The summed E-state index contributed by atoms with van der Waals surface area (Å²) >= 11 is 0. The normalized spacial score (nSPS) is 15.5. The molecular formula is C29H31FN3O2+. The topological polar surface area (TPSA) is 51.2 Å².